The van der Waals surface area contributed by atoms with Crippen molar-refractivity contribution in [3.8, 4) is 0 Å². The van der Waals surface area contributed by atoms with Crippen molar-refractivity contribution in [3.05, 3.63) is 40.6 Å². The molecular formula is C17H22N2O. The maximum Gasteiger partial charge on any atom is 0.0743 e. The molecule has 1 aromatic carbocycles. The molecule has 0 amide bonds. The Labute approximate surface area is 120 Å². The summed E-state index contributed by atoms with van der Waals surface area (Å²) in [5.41, 5.74) is 5.83. The zero-order valence-corrected chi connectivity index (χ0v) is 12.5. The Morgan fingerprint density at radius 3 is 2.85 bits per heavy atom. The van der Waals surface area contributed by atoms with E-state index in [0.29, 0.717) is 5.92 Å². The number of benzene rings is 1. The molecule has 0 saturated heterocycles. The SMILES string of the molecule is CC(C)c1cccc2c(CO)c3c(nc12)CCN(C)C3. The summed E-state index contributed by atoms with van der Waals surface area (Å²) in [5.74, 6) is 0.446. The Morgan fingerprint density at radius 1 is 1.35 bits per heavy atom. The van der Waals surface area contributed by atoms with Crippen LogP contribution in [-0.4, -0.2) is 28.6 Å². The van der Waals surface area contributed by atoms with E-state index in [-0.39, 0.29) is 6.61 Å². The van der Waals surface area contributed by atoms with Gasteiger partial charge in [0.1, 0.15) is 0 Å². The van der Waals surface area contributed by atoms with Gasteiger partial charge in [-0.15, -0.1) is 0 Å². The van der Waals surface area contributed by atoms with Gasteiger partial charge in [-0.05, 0) is 29.7 Å². The van der Waals surface area contributed by atoms with Crippen LogP contribution in [-0.2, 0) is 19.6 Å². The first-order chi connectivity index (χ1) is 9.61. The number of aromatic nitrogens is 1. The lowest BCUT2D eigenvalue weighted by Gasteiger charge is -2.27. The number of hydrogen-bond acceptors (Lipinski definition) is 3. The van der Waals surface area contributed by atoms with Crippen LogP contribution in [0.3, 0.4) is 0 Å². The summed E-state index contributed by atoms with van der Waals surface area (Å²) in [5, 5.41) is 11.0. The molecule has 0 fully saturated rings. The van der Waals surface area contributed by atoms with Crippen LogP contribution in [0.15, 0.2) is 18.2 Å². The number of pyridine rings is 1. The minimum absolute atomic E-state index is 0.0940. The van der Waals surface area contributed by atoms with E-state index in [2.05, 4.69) is 44.0 Å². The fourth-order valence-electron chi connectivity index (χ4n) is 3.15. The Morgan fingerprint density at radius 2 is 2.15 bits per heavy atom. The summed E-state index contributed by atoms with van der Waals surface area (Å²) in [6.07, 6.45) is 0.973. The monoisotopic (exact) mass is 270 g/mol. The minimum Gasteiger partial charge on any atom is -0.392 e. The Balaban J connectivity index is 2.32. The lowest BCUT2D eigenvalue weighted by Crippen LogP contribution is -2.28. The average molecular weight is 270 g/mol. The third-order valence-electron chi connectivity index (χ3n) is 4.29. The third kappa shape index (κ3) is 2.11. The summed E-state index contributed by atoms with van der Waals surface area (Å²) >= 11 is 0. The van der Waals surface area contributed by atoms with E-state index in [9.17, 15) is 5.11 Å². The lowest BCUT2D eigenvalue weighted by atomic mass is 9.92. The van der Waals surface area contributed by atoms with E-state index < -0.39 is 0 Å². The van der Waals surface area contributed by atoms with Crippen LogP contribution >= 0.6 is 0 Å². The van der Waals surface area contributed by atoms with Gasteiger partial charge in [0.15, 0.2) is 0 Å². The number of likely N-dealkylation sites (N-methyl/N-ethyl adjacent to an activating group) is 1. The van der Waals surface area contributed by atoms with Gasteiger partial charge in [0.25, 0.3) is 0 Å². The Kier molecular flexibility index (Phi) is 3.48. The van der Waals surface area contributed by atoms with Crippen LogP contribution < -0.4 is 0 Å². The first-order valence-corrected chi connectivity index (χ1v) is 7.34. The summed E-state index contributed by atoms with van der Waals surface area (Å²) in [6.45, 7) is 6.42. The average Bonchev–Trinajstić information content (AvgIpc) is 2.44. The molecule has 3 nitrogen and oxygen atoms in total. The third-order valence-corrected chi connectivity index (χ3v) is 4.29. The van der Waals surface area contributed by atoms with E-state index in [1.807, 2.05) is 0 Å². The van der Waals surface area contributed by atoms with Crippen molar-refractivity contribution in [1.29, 1.82) is 0 Å². The molecule has 106 valence electrons. The maximum atomic E-state index is 9.86. The molecule has 3 rings (SSSR count). The Hall–Kier alpha value is -1.45. The van der Waals surface area contributed by atoms with Crippen molar-refractivity contribution in [3.63, 3.8) is 0 Å². The predicted octanol–water partition coefficient (Wildman–Crippen LogP) is 2.84. The van der Waals surface area contributed by atoms with Crippen molar-refractivity contribution < 1.29 is 5.11 Å². The fraction of sp³-hybridized carbons (Fsp3) is 0.471. The van der Waals surface area contributed by atoms with Crippen molar-refractivity contribution in [2.75, 3.05) is 13.6 Å². The fourth-order valence-corrected chi connectivity index (χ4v) is 3.15. The number of aliphatic hydroxyl groups excluding tert-OH is 1. The molecular weight excluding hydrogens is 248 g/mol. The highest BCUT2D eigenvalue weighted by Gasteiger charge is 2.21. The molecule has 1 N–H and O–H groups in total. The van der Waals surface area contributed by atoms with Crippen molar-refractivity contribution in [1.82, 2.24) is 9.88 Å². The predicted molar refractivity (Wildman–Crippen MR) is 81.8 cm³/mol. The minimum atomic E-state index is 0.0940. The summed E-state index contributed by atoms with van der Waals surface area (Å²) < 4.78 is 0. The molecule has 0 aliphatic carbocycles. The van der Waals surface area contributed by atoms with E-state index in [4.69, 9.17) is 4.98 Å². The van der Waals surface area contributed by atoms with Gasteiger partial charge in [0, 0.05) is 30.6 Å². The molecule has 1 aliphatic heterocycles. The molecule has 0 spiro atoms. The van der Waals surface area contributed by atoms with Crippen LogP contribution in [0.1, 0.15) is 42.1 Å². The smallest absolute Gasteiger partial charge is 0.0743 e. The number of fused-ring (bicyclic) bond motifs is 2. The lowest BCUT2D eigenvalue weighted by molar-refractivity contribution is 0.271. The number of hydrogen-bond donors (Lipinski definition) is 1. The van der Waals surface area contributed by atoms with Crippen LogP contribution in [0.5, 0.6) is 0 Å². The number of aliphatic hydroxyl groups is 1. The van der Waals surface area contributed by atoms with Crippen LogP contribution in [0.25, 0.3) is 10.9 Å². The molecule has 3 heteroatoms. The van der Waals surface area contributed by atoms with Crippen LogP contribution in [0, 0.1) is 0 Å². The van der Waals surface area contributed by atoms with Gasteiger partial charge in [-0.3, -0.25) is 4.98 Å². The van der Waals surface area contributed by atoms with E-state index in [1.165, 1.54) is 16.8 Å². The van der Waals surface area contributed by atoms with Crippen LogP contribution in [0.4, 0.5) is 0 Å². The molecule has 0 radical (unpaired) electrons. The van der Waals surface area contributed by atoms with Gasteiger partial charge in [0.2, 0.25) is 0 Å². The maximum absolute atomic E-state index is 9.86. The second-order valence-electron chi connectivity index (χ2n) is 6.06. The van der Waals surface area contributed by atoms with Crippen molar-refractivity contribution in [2.24, 2.45) is 0 Å². The second-order valence-corrected chi connectivity index (χ2v) is 6.06. The topological polar surface area (TPSA) is 36.4 Å². The van der Waals surface area contributed by atoms with Gasteiger partial charge in [0.05, 0.1) is 12.1 Å². The number of rotatable bonds is 2. The highest BCUT2D eigenvalue weighted by molar-refractivity contribution is 5.87. The van der Waals surface area contributed by atoms with E-state index in [1.54, 1.807) is 0 Å². The van der Waals surface area contributed by atoms with Crippen LogP contribution in [0.2, 0.25) is 0 Å². The normalized spacial score (nSPS) is 15.8. The highest BCUT2D eigenvalue weighted by atomic mass is 16.3. The number of para-hydroxylation sites is 1. The van der Waals surface area contributed by atoms with E-state index >= 15 is 0 Å². The first-order valence-electron chi connectivity index (χ1n) is 7.34. The van der Waals surface area contributed by atoms with Gasteiger partial charge in [-0.1, -0.05) is 32.0 Å². The van der Waals surface area contributed by atoms with Gasteiger partial charge >= 0.3 is 0 Å². The second kappa shape index (κ2) is 5.15. The first kappa shape index (κ1) is 13.5. The zero-order chi connectivity index (χ0) is 14.3. The molecule has 2 aromatic rings. The highest BCUT2D eigenvalue weighted by Crippen LogP contribution is 2.31. The molecule has 2 heterocycles. The molecule has 0 unspecified atom stereocenters. The van der Waals surface area contributed by atoms with Crippen molar-refractivity contribution >= 4 is 10.9 Å². The quantitative estimate of drug-likeness (QED) is 0.911. The summed E-state index contributed by atoms with van der Waals surface area (Å²) in [4.78, 5) is 7.24. The standard InChI is InChI=1S/C17H22N2O/c1-11(2)12-5-4-6-13-15(10-20)14-9-19(3)8-7-16(14)18-17(12)13/h4-6,11,20H,7-10H2,1-3H3. The van der Waals surface area contributed by atoms with Gasteiger partial charge in [-0.25, -0.2) is 0 Å². The zero-order valence-electron chi connectivity index (χ0n) is 12.5. The van der Waals surface area contributed by atoms with Gasteiger partial charge in [-0.2, -0.15) is 0 Å². The summed E-state index contributed by atoms with van der Waals surface area (Å²) in [7, 11) is 2.12. The largest absolute Gasteiger partial charge is 0.392 e. The molecule has 20 heavy (non-hydrogen) atoms. The Bertz CT molecular complexity index is 649. The van der Waals surface area contributed by atoms with E-state index in [0.717, 1.165) is 36.0 Å². The molecule has 0 bridgehead atoms. The number of nitrogens with zero attached hydrogens (tertiary/aromatic N) is 2. The molecule has 0 atom stereocenters. The molecule has 1 aliphatic rings. The summed E-state index contributed by atoms with van der Waals surface area (Å²) in [6, 6.07) is 6.33. The van der Waals surface area contributed by atoms with Gasteiger partial charge < -0.3 is 10.0 Å². The molecule has 0 saturated carbocycles. The molecule has 1 aromatic heterocycles. The van der Waals surface area contributed by atoms with Crippen molar-refractivity contribution in [2.45, 2.75) is 39.3 Å².